The number of aromatic nitrogens is 2. The Kier molecular flexibility index (Phi) is 4.45. The number of methoxy groups -OCH3 is 2. The van der Waals surface area contributed by atoms with Crippen LogP contribution in [0, 0.1) is 6.92 Å². The van der Waals surface area contributed by atoms with Crippen molar-refractivity contribution in [2.45, 2.75) is 6.92 Å². The van der Waals surface area contributed by atoms with Crippen molar-refractivity contribution in [1.29, 1.82) is 0 Å². The van der Waals surface area contributed by atoms with E-state index in [2.05, 4.69) is 15.2 Å². The molecule has 2 aromatic rings. The van der Waals surface area contributed by atoms with Gasteiger partial charge in [0.05, 0.1) is 19.9 Å². The first-order valence-corrected chi connectivity index (χ1v) is 6.54. The molecule has 0 aliphatic carbocycles. The van der Waals surface area contributed by atoms with E-state index in [9.17, 15) is 9.59 Å². The van der Waals surface area contributed by atoms with E-state index in [1.54, 1.807) is 45.5 Å². The Bertz CT molecular complexity index is 722. The summed E-state index contributed by atoms with van der Waals surface area (Å²) in [5.74, 6) is -0.347. The Hall–Kier alpha value is -2.83. The lowest BCUT2D eigenvalue weighted by molar-refractivity contribution is 0.0594. The molecule has 7 nitrogen and oxygen atoms in total. The van der Waals surface area contributed by atoms with Gasteiger partial charge < -0.3 is 14.8 Å². The monoisotopic (exact) mass is 303 g/mol. The number of carbonyl (C=O) groups excluding carboxylic acids is 2. The number of nitrogens with zero attached hydrogens (tertiary/aromatic N) is 2. The molecule has 2 rings (SSSR count). The molecule has 0 bridgehead atoms. The molecule has 7 heteroatoms. The fourth-order valence-corrected chi connectivity index (χ4v) is 2.10. The number of hydrogen-bond acceptors (Lipinski definition) is 5. The van der Waals surface area contributed by atoms with E-state index in [0.29, 0.717) is 22.6 Å². The average molecular weight is 303 g/mol. The number of benzene rings is 1. The number of anilines is 1. The average Bonchev–Trinajstić information content (AvgIpc) is 2.87. The minimum Gasteiger partial charge on any atom is -0.496 e. The van der Waals surface area contributed by atoms with Gasteiger partial charge >= 0.3 is 5.97 Å². The van der Waals surface area contributed by atoms with Crippen molar-refractivity contribution in [3.8, 4) is 5.75 Å². The van der Waals surface area contributed by atoms with Gasteiger partial charge in [-0.1, -0.05) is 6.07 Å². The predicted molar refractivity (Wildman–Crippen MR) is 80.2 cm³/mol. The standard InChI is InChI=1S/C15H17N3O4/c1-9-10(6-5-7-12(9)21-3)14(19)16-11-8-18(2)17-13(11)15(20)22-4/h5-8H,1-4H3,(H,16,19). The Balaban J connectivity index is 2.32. The van der Waals surface area contributed by atoms with Crippen molar-refractivity contribution in [2.24, 2.45) is 7.05 Å². The molecule has 1 aromatic carbocycles. The topological polar surface area (TPSA) is 82.5 Å². The third-order valence-corrected chi connectivity index (χ3v) is 3.20. The third kappa shape index (κ3) is 2.93. The van der Waals surface area contributed by atoms with Crippen LogP contribution in [0.2, 0.25) is 0 Å². The highest BCUT2D eigenvalue weighted by Gasteiger charge is 2.20. The minimum absolute atomic E-state index is 0.0545. The fourth-order valence-electron chi connectivity index (χ4n) is 2.10. The lowest BCUT2D eigenvalue weighted by atomic mass is 10.1. The number of hydrogen-bond donors (Lipinski definition) is 1. The van der Waals surface area contributed by atoms with Crippen LogP contribution in [0.1, 0.15) is 26.4 Å². The van der Waals surface area contributed by atoms with Gasteiger partial charge in [-0.15, -0.1) is 0 Å². The maximum absolute atomic E-state index is 12.4. The van der Waals surface area contributed by atoms with E-state index in [0.717, 1.165) is 0 Å². The zero-order chi connectivity index (χ0) is 16.3. The van der Waals surface area contributed by atoms with E-state index in [-0.39, 0.29) is 11.6 Å². The molecule has 0 saturated heterocycles. The minimum atomic E-state index is -0.613. The Labute approximate surface area is 127 Å². The van der Waals surface area contributed by atoms with E-state index in [1.807, 2.05) is 0 Å². The van der Waals surface area contributed by atoms with Crippen molar-refractivity contribution < 1.29 is 19.1 Å². The molecule has 0 saturated carbocycles. The summed E-state index contributed by atoms with van der Waals surface area (Å²) in [6, 6.07) is 5.18. The van der Waals surface area contributed by atoms with Crippen LogP contribution in [-0.2, 0) is 11.8 Å². The summed E-state index contributed by atoms with van der Waals surface area (Å²) >= 11 is 0. The van der Waals surface area contributed by atoms with Crippen LogP contribution in [-0.4, -0.2) is 35.9 Å². The quantitative estimate of drug-likeness (QED) is 0.871. The summed E-state index contributed by atoms with van der Waals surface area (Å²) in [6.07, 6.45) is 1.54. The number of nitrogens with one attached hydrogen (secondary N) is 1. The van der Waals surface area contributed by atoms with Crippen LogP contribution < -0.4 is 10.1 Å². The largest absolute Gasteiger partial charge is 0.496 e. The maximum atomic E-state index is 12.4. The number of ether oxygens (including phenoxy) is 2. The summed E-state index contributed by atoms with van der Waals surface area (Å²) in [6.45, 7) is 1.79. The second-order valence-corrected chi connectivity index (χ2v) is 4.64. The molecule has 116 valence electrons. The van der Waals surface area contributed by atoms with Crippen molar-refractivity contribution >= 4 is 17.6 Å². The number of amides is 1. The van der Waals surface area contributed by atoms with Crippen LogP contribution >= 0.6 is 0 Å². The van der Waals surface area contributed by atoms with Crippen molar-refractivity contribution in [1.82, 2.24) is 9.78 Å². The van der Waals surface area contributed by atoms with Gasteiger partial charge in [-0.3, -0.25) is 9.48 Å². The van der Waals surface area contributed by atoms with E-state index in [1.165, 1.54) is 11.8 Å². The highest BCUT2D eigenvalue weighted by atomic mass is 16.5. The van der Waals surface area contributed by atoms with Gasteiger partial charge in [-0.05, 0) is 19.1 Å². The lowest BCUT2D eigenvalue weighted by Crippen LogP contribution is -2.16. The van der Waals surface area contributed by atoms with Crippen LogP contribution in [0.25, 0.3) is 0 Å². The first-order valence-electron chi connectivity index (χ1n) is 6.54. The van der Waals surface area contributed by atoms with Gasteiger partial charge in [0, 0.05) is 24.4 Å². The summed E-state index contributed by atoms with van der Waals surface area (Å²) in [5.41, 5.74) is 1.52. The Morgan fingerprint density at radius 3 is 2.64 bits per heavy atom. The third-order valence-electron chi connectivity index (χ3n) is 3.20. The van der Waals surface area contributed by atoms with E-state index >= 15 is 0 Å². The highest BCUT2D eigenvalue weighted by Crippen LogP contribution is 2.22. The summed E-state index contributed by atoms with van der Waals surface area (Å²) in [4.78, 5) is 24.1. The van der Waals surface area contributed by atoms with Gasteiger partial charge in [-0.25, -0.2) is 4.79 Å². The molecule has 0 fully saturated rings. The molecular formula is C15H17N3O4. The Morgan fingerprint density at radius 2 is 2.00 bits per heavy atom. The van der Waals surface area contributed by atoms with Gasteiger partial charge in [0.2, 0.25) is 0 Å². The molecular weight excluding hydrogens is 286 g/mol. The molecule has 1 amide bonds. The normalized spacial score (nSPS) is 10.2. The molecule has 0 unspecified atom stereocenters. The first kappa shape index (κ1) is 15.6. The molecule has 1 heterocycles. The second kappa shape index (κ2) is 6.30. The van der Waals surface area contributed by atoms with Gasteiger partial charge in [-0.2, -0.15) is 5.10 Å². The highest BCUT2D eigenvalue weighted by molar-refractivity contribution is 6.08. The van der Waals surface area contributed by atoms with Crippen molar-refractivity contribution in [3.05, 3.63) is 41.2 Å². The number of esters is 1. The number of rotatable bonds is 4. The van der Waals surface area contributed by atoms with Crippen LogP contribution in [0.15, 0.2) is 24.4 Å². The lowest BCUT2D eigenvalue weighted by Gasteiger charge is -2.10. The van der Waals surface area contributed by atoms with Gasteiger partial charge in [0.1, 0.15) is 5.75 Å². The van der Waals surface area contributed by atoms with Gasteiger partial charge in [0.25, 0.3) is 5.91 Å². The smallest absolute Gasteiger partial charge is 0.360 e. The zero-order valence-corrected chi connectivity index (χ0v) is 12.8. The zero-order valence-electron chi connectivity index (χ0n) is 12.8. The summed E-state index contributed by atoms with van der Waals surface area (Å²) in [7, 11) is 4.45. The first-order chi connectivity index (χ1) is 10.5. The number of aryl methyl sites for hydroxylation is 1. The molecule has 0 aliphatic rings. The number of carbonyl (C=O) groups is 2. The molecule has 0 aliphatic heterocycles. The second-order valence-electron chi connectivity index (χ2n) is 4.64. The van der Waals surface area contributed by atoms with Crippen molar-refractivity contribution in [2.75, 3.05) is 19.5 Å². The van der Waals surface area contributed by atoms with Crippen LogP contribution in [0.3, 0.4) is 0 Å². The molecule has 22 heavy (non-hydrogen) atoms. The maximum Gasteiger partial charge on any atom is 0.360 e. The van der Waals surface area contributed by atoms with E-state index < -0.39 is 5.97 Å². The molecule has 1 N–H and O–H groups in total. The molecule has 0 atom stereocenters. The molecule has 0 spiro atoms. The Morgan fingerprint density at radius 1 is 1.27 bits per heavy atom. The van der Waals surface area contributed by atoms with E-state index in [4.69, 9.17) is 4.74 Å². The summed E-state index contributed by atoms with van der Waals surface area (Å²) < 4.78 is 11.3. The van der Waals surface area contributed by atoms with Crippen LogP contribution in [0.4, 0.5) is 5.69 Å². The van der Waals surface area contributed by atoms with Crippen LogP contribution in [0.5, 0.6) is 5.75 Å². The molecule has 0 radical (unpaired) electrons. The summed E-state index contributed by atoms with van der Waals surface area (Å²) in [5, 5.41) is 6.66. The van der Waals surface area contributed by atoms with Crippen molar-refractivity contribution in [3.63, 3.8) is 0 Å². The molecule has 1 aromatic heterocycles. The predicted octanol–water partition coefficient (Wildman–Crippen LogP) is 1.78. The fraction of sp³-hybridized carbons (Fsp3) is 0.267. The SMILES string of the molecule is COC(=O)c1nn(C)cc1NC(=O)c1cccc(OC)c1C. The van der Waals surface area contributed by atoms with Gasteiger partial charge in [0.15, 0.2) is 5.69 Å².